The van der Waals surface area contributed by atoms with Crippen LogP contribution in [0.5, 0.6) is 11.5 Å². The number of aromatic hydroxyl groups is 1. The molecule has 0 amide bonds. The molecule has 0 aromatic heterocycles. The Labute approximate surface area is 153 Å². The van der Waals surface area contributed by atoms with Gasteiger partial charge in [-0.1, -0.05) is 18.2 Å². The molecule has 1 unspecified atom stereocenters. The fraction of sp³-hybridized carbons (Fsp3) is 0.526. The standard InChI is InChI=1S/C19H24N2O3S/c1-11(2)20-18(25)21-8-7-19-6-5-13(22)9-15(19)24-17-14(23)4-3-12(10-21)16(17)19/h3-6,11,13,15,22-23H,7-10H2,1-2H3,(H,20,25)/t13-,15-,19?/m0/s1. The van der Waals surface area contributed by atoms with Crippen LogP contribution >= 0.6 is 12.2 Å². The summed E-state index contributed by atoms with van der Waals surface area (Å²) in [6.07, 6.45) is 4.68. The highest BCUT2D eigenvalue weighted by Crippen LogP contribution is 2.55. The number of aliphatic hydroxyl groups excluding tert-OH is 1. The first kappa shape index (κ1) is 16.7. The Morgan fingerprint density at radius 1 is 1.44 bits per heavy atom. The molecule has 0 saturated heterocycles. The van der Waals surface area contributed by atoms with Gasteiger partial charge in [-0.25, -0.2) is 0 Å². The number of nitrogens with zero attached hydrogens (tertiary/aromatic N) is 1. The largest absolute Gasteiger partial charge is 0.504 e. The van der Waals surface area contributed by atoms with Gasteiger partial charge in [0.1, 0.15) is 6.10 Å². The Morgan fingerprint density at radius 3 is 3.00 bits per heavy atom. The summed E-state index contributed by atoms with van der Waals surface area (Å²) in [5.74, 6) is 0.748. The van der Waals surface area contributed by atoms with Gasteiger partial charge in [-0.3, -0.25) is 0 Å². The highest BCUT2D eigenvalue weighted by atomic mass is 32.1. The SMILES string of the molecule is CC(C)NC(=S)N1CCC23C=C[C@H](O)C[C@@H]2Oc2c(O)ccc(c23)C1. The molecule has 5 nitrogen and oxygen atoms in total. The minimum atomic E-state index is -0.501. The molecular formula is C19H24N2O3S. The van der Waals surface area contributed by atoms with E-state index in [2.05, 4.69) is 30.1 Å². The minimum absolute atomic E-state index is 0.152. The number of phenolic OH excluding ortho intramolecular Hbond substituents is 1. The molecule has 134 valence electrons. The molecule has 1 spiro atoms. The summed E-state index contributed by atoms with van der Waals surface area (Å²) >= 11 is 5.59. The zero-order chi connectivity index (χ0) is 17.8. The molecule has 1 aliphatic carbocycles. The molecular weight excluding hydrogens is 336 g/mol. The van der Waals surface area contributed by atoms with Crippen molar-refractivity contribution in [1.29, 1.82) is 0 Å². The van der Waals surface area contributed by atoms with Crippen LogP contribution in [0, 0.1) is 0 Å². The number of phenols is 1. The molecule has 0 radical (unpaired) electrons. The maximum Gasteiger partial charge on any atom is 0.169 e. The first-order valence-corrected chi connectivity index (χ1v) is 9.26. The van der Waals surface area contributed by atoms with Crippen molar-refractivity contribution in [2.24, 2.45) is 0 Å². The summed E-state index contributed by atoms with van der Waals surface area (Å²) in [6, 6.07) is 3.95. The Bertz CT molecular complexity index is 748. The van der Waals surface area contributed by atoms with E-state index in [1.165, 1.54) is 0 Å². The third kappa shape index (κ3) is 2.59. The van der Waals surface area contributed by atoms with Gasteiger partial charge in [-0.15, -0.1) is 0 Å². The zero-order valence-corrected chi connectivity index (χ0v) is 15.3. The fourth-order valence-corrected chi connectivity index (χ4v) is 4.69. The summed E-state index contributed by atoms with van der Waals surface area (Å²) in [5.41, 5.74) is 1.89. The van der Waals surface area contributed by atoms with E-state index in [9.17, 15) is 10.2 Å². The van der Waals surface area contributed by atoms with Gasteiger partial charge in [-0.2, -0.15) is 0 Å². The first-order chi connectivity index (χ1) is 11.9. The lowest BCUT2D eigenvalue weighted by molar-refractivity contribution is 0.0833. The normalized spacial score (nSPS) is 29.7. The molecule has 1 aromatic carbocycles. The highest BCUT2D eigenvalue weighted by molar-refractivity contribution is 7.80. The van der Waals surface area contributed by atoms with Crippen LogP contribution in [0.25, 0.3) is 0 Å². The van der Waals surface area contributed by atoms with Crippen LogP contribution in [0.1, 0.15) is 37.8 Å². The fourth-order valence-electron chi connectivity index (χ4n) is 4.30. The van der Waals surface area contributed by atoms with E-state index in [1.54, 1.807) is 6.07 Å². The predicted molar refractivity (Wildman–Crippen MR) is 99.9 cm³/mol. The first-order valence-electron chi connectivity index (χ1n) is 8.85. The van der Waals surface area contributed by atoms with Crippen molar-refractivity contribution in [3.05, 3.63) is 35.4 Å². The minimum Gasteiger partial charge on any atom is -0.504 e. The van der Waals surface area contributed by atoms with Crippen LogP contribution in [-0.2, 0) is 12.0 Å². The second kappa shape index (κ2) is 5.88. The highest BCUT2D eigenvalue weighted by Gasteiger charge is 2.52. The third-order valence-corrected chi connectivity index (χ3v) is 5.83. The number of ether oxygens (including phenoxy) is 1. The number of aliphatic hydroxyl groups is 1. The Balaban J connectivity index is 1.78. The molecule has 0 fully saturated rings. The van der Waals surface area contributed by atoms with Crippen molar-refractivity contribution in [2.45, 2.75) is 56.9 Å². The van der Waals surface area contributed by atoms with Crippen molar-refractivity contribution in [3.8, 4) is 11.5 Å². The number of thiocarbonyl (C=S) groups is 1. The molecule has 6 heteroatoms. The third-order valence-electron chi connectivity index (χ3n) is 5.45. The van der Waals surface area contributed by atoms with Gasteiger partial charge >= 0.3 is 0 Å². The topological polar surface area (TPSA) is 65.0 Å². The molecule has 3 aliphatic rings. The summed E-state index contributed by atoms with van der Waals surface area (Å²) in [5, 5.41) is 24.4. The second-order valence-electron chi connectivity index (χ2n) is 7.53. The number of nitrogens with one attached hydrogen (secondary N) is 1. The van der Waals surface area contributed by atoms with Crippen LogP contribution in [0.15, 0.2) is 24.3 Å². The van der Waals surface area contributed by atoms with E-state index < -0.39 is 6.10 Å². The van der Waals surface area contributed by atoms with Gasteiger partial charge in [0.2, 0.25) is 0 Å². The average molecular weight is 360 g/mol. The van der Waals surface area contributed by atoms with Gasteiger partial charge in [0.15, 0.2) is 16.6 Å². The smallest absolute Gasteiger partial charge is 0.169 e. The lowest BCUT2D eigenvalue weighted by Gasteiger charge is -2.36. The van der Waals surface area contributed by atoms with E-state index in [1.807, 2.05) is 12.1 Å². The maximum atomic E-state index is 10.3. The van der Waals surface area contributed by atoms with E-state index in [0.717, 1.165) is 29.2 Å². The van der Waals surface area contributed by atoms with Crippen LogP contribution < -0.4 is 10.1 Å². The predicted octanol–water partition coefficient (Wildman–Crippen LogP) is 2.20. The maximum absolute atomic E-state index is 10.3. The zero-order valence-electron chi connectivity index (χ0n) is 14.5. The van der Waals surface area contributed by atoms with Crippen molar-refractivity contribution < 1.29 is 14.9 Å². The van der Waals surface area contributed by atoms with Crippen molar-refractivity contribution in [3.63, 3.8) is 0 Å². The molecule has 2 heterocycles. The van der Waals surface area contributed by atoms with Crippen LogP contribution in [0.3, 0.4) is 0 Å². The molecule has 3 atom stereocenters. The number of hydrogen-bond donors (Lipinski definition) is 3. The molecule has 0 saturated carbocycles. The molecule has 3 N–H and O–H groups in total. The quantitative estimate of drug-likeness (QED) is 0.527. The molecule has 25 heavy (non-hydrogen) atoms. The van der Waals surface area contributed by atoms with Gasteiger partial charge in [0, 0.05) is 31.1 Å². The molecule has 4 rings (SSSR count). The summed E-state index contributed by atoms with van der Waals surface area (Å²) in [4.78, 5) is 2.19. The van der Waals surface area contributed by atoms with Crippen LogP contribution in [-0.4, -0.2) is 45.0 Å². The van der Waals surface area contributed by atoms with Crippen molar-refractivity contribution in [1.82, 2.24) is 10.2 Å². The molecule has 1 aromatic rings. The lowest BCUT2D eigenvalue weighted by Crippen LogP contribution is -2.45. The Morgan fingerprint density at radius 2 is 2.24 bits per heavy atom. The van der Waals surface area contributed by atoms with Crippen molar-refractivity contribution in [2.75, 3.05) is 6.54 Å². The van der Waals surface area contributed by atoms with Gasteiger partial charge in [-0.05, 0) is 44.1 Å². The van der Waals surface area contributed by atoms with Crippen molar-refractivity contribution >= 4 is 17.3 Å². The number of benzene rings is 1. The Hall–Kier alpha value is -1.79. The molecule has 2 aliphatic heterocycles. The number of rotatable bonds is 1. The molecule has 0 bridgehead atoms. The summed E-state index contributed by atoms with van der Waals surface area (Å²) in [7, 11) is 0. The van der Waals surface area contributed by atoms with Crippen LogP contribution in [0.4, 0.5) is 0 Å². The van der Waals surface area contributed by atoms with E-state index in [4.69, 9.17) is 17.0 Å². The monoisotopic (exact) mass is 360 g/mol. The van der Waals surface area contributed by atoms with Crippen LogP contribution in [0.2, 0.25) is 0 Å². The summed E-state index contributed by atoms with van der Waals surface area (Å²) in [6.45, 7) is 5.64. The van der Waals surface area contributed by atoms with Gasteiger partial charge in [0.25, 0.3) is 0 Å². The second-order valence-corrected chi connectivity index (χ2v) is 7.92. The number of hydrogen-bond acceptors (Lipinski definition) is 4. The van der Waals surface area contributed by atoms with E-state index >= 15 is 0 Å². The Kier molecular flexibility index (Phi) is 3.92. The summed E-state index contributed by atoms with van der Waals surface area (Å²) < 4.78 is 6.11. The van der Waals surface area contributed by atoms with Gasteiger partial charge < -0.3 is 25.2 Å². The average Bonchev–Trinajstić information content (AvgIpc) is 2.78. The van der Waals surface area contributed by atoms with E-state index in [-0.39, 0.29) is 23.3 Å². The van der Waals surface area contributed by atoms with E-state index in [0.29, 0.717) is 18.7 Å². The lowest BCUT2D eigenvalue weighted by atomic mass is 9.69. The van der Waals surface area contributed by atoms with Gasteiger partial charge in [0.05, 0.1) is 11.5 Å².